The number of rotatable bonds is 3. The molecule has 3 aromatic rings. The molecule has 0 spiro atoms. The molecule has 0 bridgehead atoms. The maximum Gasteiger partial charge on any atom is 0.164 e. The summed E-state index contributed by atoms with van der Waals surface area (Å²) in [5.74, 6) is -0.770. The van der Waals surface area contributed by atoms with E-state index in [4.69, 9.17) is 0 Å². The van der Waals surface area contributed by atoms with Crippen molar-refractivity contribution in [3.05, 3.63) is 77.1 Å². The SMILES string of the molecule is CC1=CC(Nc2nc(C(O)c3ccc(F)c(F)c3)nc3ccccc23)=NC1. The predicted molar refractivity (Wildman–Crippen MR) is 99.6 cm³/mol. The van der Waals surface area contributed by atoms with Crippen LogP contribution in [0.3, 0.4) is 0 Å². The maximum atomic E-state index is 13.5. The number of benzene rings is 2. The highest BCUT2D eigenvalue weighted by Gasteiger charge is 2.19. The van der Waals surface area contributed by atoms with Crippen molar-refractivity contribution in [2.24, 2.45) is 4.99 Å². The summed E-state index contributed by atoms with van der Waals surface area (Å²) >= 11 is 0. The summed E-state index contributed by atoms with van der Waals surface area (Å²) in [5.41, 5.74) is 1.91. The van der Waals surface area contributed by atoms with Crippen molar-refractivity contribution in [3.8, 4) is 0 Å². The van der Waals surface area contributed by atoms with Crippen LogP contribution in [0, 0.1) is 11.6 Å². The predicted octanol–water partition coefficient (Wildman–Crippen LogP) is 3.76. The van der Waals surface area contributed by atoms with E-state index in [9.17, 15) is 13.9 Å². The fraction of sp³-hybridized carbons (Fsp3) is 0.150. The molecule has 1 atom stereocenters. The van der Waals surface area contributed by atoms with Gasteiger partial charge in [-0.05, 0) is 48.4 Å². The van der Waals surface area contributed by atoms with Crippen LogP contribution in [0.25, 0.3) is 10.9 Å². The molecule has 0 saturated carbocycles. The molecule has 2 N–H and O–H groups in total. The van der Waals surface area contributed by atoms with Gasteiger partial charge in [0.1, 0.15) is 17.8 Å². The lowest BCUT2D eigenvalue weighted by atomic mass is 10.1. The fourth-order valence-corrected chi connectivity index (χ4v) is 2.88. The van der Waals surface area contributed by atoms with E-state index in [0.29, 0.717) is 23.7 Å². The molecule has 27 heavy (non-hydrogen) atoms. The highest BCUT2D eigenvalue weighted by Crippen LogP contribution is 2.27. The third-order valence-corrected chi connectivity index (χ3v) is 4.25. The van der Waals surface area contributed by atoms with E-state index in [2.05, 4.69) is 20.3 Å². The first kappa shape index (κ1) is 17.2. The number of hydrogen-bond acceptors (Lipinski definition) is 5. The lowest BCUT2D eigenvalue weighted by molar-refractivity contribution is 0.209. The summed E-state index contributed by atoms with van der Waals surface area (Å²) in [6.07, 6.45) is 0.621. The van der Waals surface area contributed by atoms with E-state index in [1.54, 1.807) is 6.07 Å². The molecule has 2 heterocycles. The molecule has 2 aromatic carbocycles. The van der Waals surface area contributed by atoms with Crippen molar-refractivity contribution >= 4 is 22.6 Å². The van der Waals surface area contributed by atoms with Crippen LogP contribution in [0.4, 0.5) is 14.6 Å². The number of aliphatic hydroxyl groups is 1. The van der Waals surface area contributed by atoms with Gasteiger partial charge in [0.2, 0.25) is 0 Å². The van der Waals surface area contributed by atoms with E-state index >= 15 is 0 Å². The van der Waals surface area contributed by atoms with Crippen LogP contribution in [-0.2, 0) is 0 Å². The van der Waals surface area contributed by atoms with Crippen LogP contribution in [0.1, 0.15) is 24.4 Å². The minimum atomic E-state index is -1.30. The topological polar surface area (TPSA) is 70.4 Å². The Morgan fingerprint density at radius 1 is 1.07 bits per heavy atom. The quantitative estimate of drug-likeness (QED) is 0.740. The van der Waals surface area contributed by atoms with Gasteiger partial charge in [0, 0.05) is 5.39 Å². The smallest absolute Gasteiger partial charge is 0.164 e. The van der Waals surface area contributed by atoms with Crippen LogP contribution >= 0.6 is 0 Å². The standard InChI is InChI=1S/C20H16F2N4O/c1-11-8-17(23-10-11)25-19-13-4-2-3-5-16(13)24-20(26-19)18(27)12-6-7-14(21)15(22)9-12/h2-9,18,27H,10H2,1H3,(H,23,24,25,26). The number of nitrogens with one attached hydrogen (secondary N) is 1. The van der Waals surface area contributed by atoms with Crippen molar-refractivity contribution in [3.63, 3.8) is 0 Å². The van der Waals surface area contributed by atoms with Gasteiger partial charge in [0.05, 0.1) is 12.1 Å². The van der Waals surface area contributed by atoms with Crippen LogP contribution < -0.4 is 5.32 Å². The van der Waals surface area contributed by atoms with E-state index in [1.165, 1.54) is 6.07 Å². The van der Waals surface area contributed by atoms with E-state index in [0.717, 1.165) is 23.1 Å². The average Bonchev–Trinajstić information content (AvgIpc) is 3.08. The van der Waals surface area contributed by atoms with Crippen molar-refractivity contribution in [1.82, 2.24) is 9.97 Å². The Bertz CT molecular complexity index is 1090. The molecular weight excluding hydrogens is 350 g/mol. The Kier molecular flexibility index (Phi) is 4.37. The molecule has 0 fully saturated rings. The molecule has 0 aliphatic carbocycles. The second kappa shape index (κ2) is 6.85. The van der Waals surface area contributed by atoms with Crippen molar-refractivity contribution in [2.45, 2.75) is 13.0 Å². The summed E-state index contributed by atoms with van der Waals surface area (Å²) in [5, 5.41) is 14.5. The van der Waals surface area contributed by atoms with Crippen LogP contribution in [0.15, 0.2) is 59.1 Å². The number of hydrogen-bond donors (Lipinski definition) is 2. The number of para-hydroxylation sites is 1. The minimum absolute atomic E-state index is 0.0847. The molecule has 7 heteroatoms. The van der Waals surface area contributed by atoms with Crippen LogP contribution in [0.5, 0.6) is 0 Å². The van der Waals surface area contributed by atoms with Gasteiger partial charge in [-0.3, -0.25) is 4.99 Å². The van der Waals surface area contributed by atoms with Crippen molar-refractivity contribution < 1.29 is 13.9 Å². The molecule has 1 aromatic heterocycles. The van der Waals surface area contributed by atoms with E-state index in [-0.39, 0.29) is 11.4 Å². The molecular formula is C20H16F2N4O. The Hall–Kier alpha value is -3.19. The molecule has 5 nitrogen and oxygen atoms in total. The van der Waals surface area contributed by atoms with Crippen LogP contribution in [0.2, 0.25) is 0 Å². The molecule has 136 valence electrons. The van der Waals surface area contributed by atoms with Crippen LogP contribution in [-0.4, -0.2) is 27.5 Å². The minimum Gasteiger partial charge on any atom is -0.380 e. The number of aliphatic hydroxyl groups excluding tert-OH is 1. The van der Waals surface area contributed by atoms with Gasteiger partial charge in [-0.15, -0.1) is 0 Å². The van der Waals surface area contributed by atoms with Crippen molar-refractivity contribution in [1.29, 1.82) is 0 Å². The first-order valence-electron chi connectivity index (χ1n) is 8.39. The average molecular weight is 366 g/mol. The number of anilines is 1. The summed E-state index contributed by atoms with van der Waals surface area (Å²) in [6, 6.07) is 10.6. The lowest BCUT2D eigenvalue weighted by Crippen LogP contribution is -2.13. The lowest BCUT2D eigenvalue weighted by Gasteiger charge is -2.14. The number of amidine groups is 1. The summed E-state index contributed by atoms with van der Waals surface area (Å²) in [4.78, 5) is 13.2. The van der Waals surface area contributed by atoms with Gasteiger partial charge in [0.15, 0.2) is 17.5 Å². The van der Waals surface area contributed by atoms with Gasteiger partial charge in [-0.2, -0.15) is 0 Å². The third kappa shape index (κ3) is 3.41. The number of aromatic nitrogens is 2. The first-order valence-corrected chi connectivity index (χ1v) is 8.39. The van der Waals surface area contributed by atoms with Gasteiger partial charge in [-0.25, -0.2) is 18.7 Å². The van der Waals surface area contributed by atoms with Gasteiger partial charge in [-0.1, -0.05) is 18.2 Å². The zero-order valence-corrected chi connectivity index (χ0v) is 14.4. The number of aliphatic imine (C=N–C) groups is 1. The number of fused-ring (bicyclic) bond motifs is 1. The second-order valence-electron chi connectivity index (χ2n) is 6.34. The molecule has 1 aliphatic rings. The summed E-state index contributed by atoms with van der Waals surface area (Å²) in [7, 11) is 0. The molecule has 4 rings (SSSR count). The fourth-order valence-electron chi connectivity index (χ4n) is 2.88. The Labute approximate surface area is 154 Å². The summed E-state index contributed by atoms with van der Waals surface area (Å²) < 4.78 is 26.7. The molecule has 1 unspecified atom stereocenters. The van der Waals surface area contributed by atoms with Gasteiger partial charge >= 0.3 is 0 Å². The molecule has 1 aliphatic heterocycles. The monoisotopic (exact) mass is 366 g/mol. The largest absolute Gasteiger partial charge is 0.380 e. The van der Waals surface area contributed by atoms with Crippen molar-refractivity contribution in [2.75, 3.05) is 11.9 Å². The maximum absolute atomic E-state index is 13.5. The zero-order chi connectivity index (χ0) is 19.0. The highest BCUT2D eigenvalue weighted by molar-refractivity contribution is 6.08. The third-order valence-electron chi connectivity index (χ3n) is 4.25. The molecule has 0 amide bonds. The first-order chi connectivity index (χ1) is 13.0. The highest BCUT2D eigenvalue weighted by atomic mass is 19.2. The molecule has 0 saturated heterocycles. The summed E-state index contributed by atoms with van der Waals surface area (Å²) in [6.45, 7) is 2.60. The number of halogens is 2. The Balaban J connectivity index is 1.78. The second-order valence-corrected chi connectivity index (χ2v) is 6.34. The normalized spacial score (nSPS) is 14.8. The zero-order valence-electron chi connectivity index (χ0n) is 14.4. The molecule has 0 radical (unpaired) electrons. The van der Waals surface area contributed by atoms with Gasteiger partial charge in [0.25, 0.3) is 0 Å². The van der Waals surface area contributed by atoms with E-state index in [1.807, 2.05) is 31.2 Å². The van der Waals surface area contributed by atoms with Gasteiger partial charge < -0.3 is 10.4 Å². The van der Waals surface area contributed by atoms with E-state index < -0.39 is 17.7 Å². The Morgan fingerprint density at radius 3 is 2.63 bits per heavy atom. The Morgan fingerprint density at radius 2 is 1.89 bits per heavy atom. The number of nitrogens with zero attached hydrogens (tertiary/aromatic N) is 3.